The molecule has 3 heterocycles. The van der Waals surface area contributed by atoms with Crippen LogP contribution in [-0.4, -0.2) is 40.0 Å². The molecule has 2 aromatic rings. The Hall–Kier alpha value is -1.44. The smallest absolute Gasteiger partial charge is 0.311 e. The highest BCUT2D eigenvalue weighted by molar-refractivity contribution is 7.23. The molecule has 0 aliphatic carbocycles. The summed E-state index contributed by atoms with van der Waals surface area (Å²) in [4.78, 5) is 30.6. The molecule has 1 saturated heterocycles. The number of hydrogen-bond acceptors (Lipinski definition) is 5. The van der Waals surface area contributed by atoms with Gasteiger partial charge in [-0.05, 0) is 25.5 Å². The molecular formula is C14H13ClN2O3S2. The number of carboxylic acids is 1. The largest absolute Gasteiger partial charge is 0.481 e. The Labute approximate surface area is 140 Å². The van der Waals surface area contributed by atoms with Crippen LogP contribution in [0.25, 0.3) is 9.88 Å². The molecule has 0 saturated carbocycles. The zero-order chi connectivity index (χ0) is 15.9. The number of carbonyl (C=O) groups excluding carboxylic acids is 1. The third kappa shape index (κ3) is 2.76. The SMILES string of the molecule is C[C@]1(C(=O)O)CCN(C(=O)c2csc(-c3ccc(Cl)s3)n2)C1. The fourth-order valence-corrected chi connectivity index (χ4v) is 4.29. The molecule has 1 aliphatic rings. The van der Waals surface area contributed by atoms with E-state index in [-0.39, 0.29) is 12.5 Å². The average molecular weight is 357 g/mol. The molecule has 1 fully saturated rings. The minimum absolute atomic E-state index is 0.213. The standard InChI is InChI=1S/C14H13ClN2O3S2/c1-14(13(19)20)4-5-17(7-14)12(18)8-6-21-11(16-8)9-2-3-10(15)22-9/h2-3,6H,4-5,7H2,1H3,(H,19,20)/t14-/m0/s1. The van der Waals surface area contributed by atoms with Gasteiger partial charge in [0.15, 0.2) is 0 Å². The minimum atomic E-state index is -0.866. The number of likely N-dealkylation sites (tertiary alicyclic amines) is 1. The number of thiazole rings is 1. The number of rotatable bonds is 3. The maximum atomic E-state index is 12.5. The molecule has 116 valence electrons. The van der Waals surface area contributed by atoms with Gasteiger partial charge in [-0.15, -0.1) is 22.7 Å². The van der Waals surface area contributed by atoms with Crippen LogP contribution in [0.4, 0.5) is 0 Å². The lowest BCUT2D eigenvalue weighted by atomic mass is 9.90. The van der Waals surface area contributed by atoms with E-state index >= 15 is 0 Å². The molecule has 0 aromatic carbocycles. The molecule has 8 heteroatoms. The van der Waals surface area contributed by atoms with Crippen LogP contribution < -0.4 is 0 Å². The topological polar surface area (TPSA) is 70.5 Å². The van der Waals surface area contributed by atoms with Crippen LogP contribution in [0.15, 0.2) is 17.5 Å². The highest BCUT2D eigenvalue weighted by Crippen LogP contribution is 2.34. The number of nitrogens with zero attached hydrogens (tertiary/aromatic N) is 2. The van der Waals surface area contributed by atoms with Gasteiger partial charge in [-0.3, -0.25) is 9.59 Å². The lowest BCUT2D eigenvalue weighted by molar-refractivity contribution is -0.147. The Morgan fingerprint density at radius 2 is 2.23 bits per heavy atom. The maximum absolute atomic E-state index is 12.5. The number of aromatic nitrogens is 1. The van der Waals surface area contributed by atoms with E-state index in [1.807, 2.05) is 6.07 Å². The molecule has 0 spiro atoms. The maximum Gasteiger partial charge on any atom is 0.311 e. The van der Waals surface area contributed by atoms with Crippen LogP contribution in [0.1, 0.15) is 23.8 Å². The summed E-state index contributed by atoms with van der Waals surface area (Å²) < 4.78 is 0.676. The molecule has 22 heavy (non-hydrogen) atoms. The number of aliphatic carboxylic acids is 1. The Balaban J connectivity index is 1.77. The first-order chi connectivity index (χ1) is 10.4. The Bertz CT molecular complexity index is 742. The summed E-state index contributed by atoms with van der Waals surface area (Å²) in [5, 5.41) is 11.7. The third-order valence-corrected chi connectivity index (χ3v) is 6.03. The van der Waals surface area contributed by atoms with Crippen molar-refractivity contribution < 1.29 is 14.7 Å². The lowest BCUT2D eigenvalue weighted by Crippen LogP contribution is -2.35. The highest BCUT2D eigenvalue weighted by Gasteiger charge is 2.42. The van der Waals surface area contributed by atoms with Gasteiger partial charge in [0.25, 0.3) is 5.91 Å². The molecule has 1 aliphatic heterocycles. The van der Waals surface area contributed by atoms with Crippen molar-refractivity contribution in [2.75, 3.05) is 13.1 Å². The molecule has 0 radical (unpaired) electrons. The van der Waals surface area contributed by atoms with Crippen molar-refractivity contribution in [1.82, 2.24) is 9.88 Å². The predicted molar refractivity (Wildman–Crippen MR) is 86.7 cm³/mol. The summed E-state index contributed by atoms with van der Waals surface area (Å²) in [6, 6.07) is 3.67. The molecular weight excluding hydrogens is 344 g/mol. The molecule has 1 atom stereocenters. The van der Waals surface area contributed by atoms with E-state index in [0.29, 0.717) is 23.0 Å². The second-order valence-corrected chi connectivity index (χ2v) is 8.06. The molecule has 1 N–H and O–H groups in total. The van der Waals surface area contributed by atoms with Crippen molar-refractivity contribution in [3.8, 4) is 9.88 Å². The van der Waals surface area contributed by atoms with Gasteiger partial charge in [-0.2, -0.15) is 0 Å². The first-order valence-electron chi connectivity index (χ1n) is 6.63. The van der Waals surface area contributed by atoms with Gasteiger partial charge in [-0.1, -0.05) is 11.6 Å². The summed E-state index contributed by atoms with van der Waals surface area (Å²) in [6.07, 6.45) is 0.464. The molecule has 3 rings (SSSR count). The van der Waals surface area contributed by atoms with Gasteiger partial charge >= 0.3 is 5.97 Å². The fraction of sp³-hybridized carbons (Fsp3) is 0.357. The summed E-state index contributed by atoms with van der Waals surface area (Å²) in [5.41, 5.74) is -0.505. The van der Waals surface area contributed by atoms with Crippen molar-refractivity contribution >= 4 is 46.2 Å². The third-order valence-electron chi connectivity index (χ3n) is 3.78. The minimum Gasteiger partial charge on any atom is -0.481 e. The van der Waals surface area contributed by atoms with Gasteiger partial charge in [0, 0.05) is 18.5 Å². The Kier molecular flexibility index (Phi) is 3.96. The molecule has 1 amide bonds. The van der Waals surface area contributed by atoms with Crippen LogP contribution in [-0.2, 0) is 4.79 Å². The monoisotopic (exact) mass is 356 g/mol. The van der Waals surface area contributed by atoms with Crippen molar-refractivity contribution in [2.24, 2.45) is 5.41 Å². The van der Waals surface area contributed by atoms with Crippen molar-refractivity contribution in [1.29, 1.82) is 0 Å². The fourth-order valence-electron chi connectivity index (χ4n) is 2.39. The second kappa shape index (κ2) is 5.64. The molecule has 0 bridgehead atoms. The first-order valence-corrected chi connectivity index (χ1v) is 8.70. The Morgan fingerprint density at radius 3 is 2.82 bits per heavy atom. The van der Waals surface area contributed by atoms with Crippen molar-refractivity contribution in [2.45, 2.75) is 13.3 Å². The lowest BCUT2D eigenvalue weighted by Gasteiger charge is -2.19. The van der Waals surface area contributed by atoms with Crippen LogP contribution >= 0.6 is 34.3 Å². The van der Waals surface area contributed by atoms with Gasteiger partial charge in [0.1, 0.15) is 10.7 Å². The summed E-state index contributed by atoms with van der Waals surface area (Å²) >= 11 is 8.71. The normalized spacial score (nSPS) is 21.3. The first kappa shape index (κ1) is 15.5. The number of amides is 1. The quantitative estimate of drug-likeness (QED) is 0.914. The number of hydrogen-bond donors (Lipinski definition) is 1. The van der Waals surface area contributed by atoms with E-state index in [9.17, 15) is 14.7 Å². The van der Waals surface area contributed by atoms with E-state index in [2.05, 4.69) is 4.98 Å². The van der Waals surface area contributed by atoms with E-state index < -0.39 is 11.4 Å². The van der Waals surface area contributed by atoms with Crippen molar-refractivity contribution in [3.05, 3.63) is 27.5 Å². The molecule has 5 nitrogen and oxygen atoms in total. The van der Waals surface area contributed by atoms with E-state index in [1.165, 1.54) is 22.7 Å². The van der Waals surface area contributed by atoms with E-state index in [4.69, 9.17) is 11.6 Å². The van der Waals surface area contributed by atoms with Crippen LogP contribution in [0.3, 0.4) is 0 Å². The number of halogens is 1. The van der Waals surface area contributed by atoms with Crippen molar-refractivity contribution in [3.63, 3.8) is 0 Å². The second-order valence-electron chi connectivity index (χ2n) is 5.48. The number of carboxylic acid groups (broad SMARTS) is 1. The van der Waals surface area contributed by atoms with Crippen LogP contribution in [0.5, 0.6) is 0 Å². The summed E-state index contributed by atoms with van der Waals surface area (Å²) in [7, 11) is 0. The van der Waals surface area contributed by atoms with Crippen LogP contribution in [0.2, 0.25) is 4.34 Å². The Morgan fingerprint density at radius 1 is 1.45 bits per heavy atom. The zero-order valence-corrected chi connectivity index (χ0v) is 14.1. The van der Waals surface area contributed by atoms with E-state index in [0.717, 1.165) is 9.88 Å². The predicted octanol–water partition coefficient (Wildman–Crippen LogP) is 3.46. The molecule has 2 aromatic heterocycles. The van der Waals surface area contributed by atoms with Gasteiger partial charge in [0.2, 0.25) is 0 Å². The number of carbonyl (C=O) groups is 2. The number of thiophene rings is 1. The van der Waals surface area contributed by atoms with Gasteiger partial charge < -0.3 is 10.0 Å². The molecule has 0 unspecified atom stereocenters. The zero-order valence-electron chi connectivity index (χ0n) is 11.7. The highest BCUT2D eigenvalue weighted by atomic mass is 35.5. The average Bonchev–Trinajstić information content (AvgIpc) is 3.17. The van der Waals surface area contributed by atoms with Gasteiger partial charge in [0.05, 0.1) is 14.6 Å². The summed E-state index contributed by atoms with van der Waals surface area (Å²) in [6.45, 7) is 2.33. The van der Waals surface area contributed by atoms with Crippen LogP contribution in [0, 0.1) is 5.41 Å². The van der Waals surface area contributed by atoms with Gasteiger partial charge in [-0.25, -0.2) is 4.98 Å². The van der Waals surface area contributed by atoms with E-state index in [1.54, 1.807) is 23.3 Å². The summed E-state index contributed by atoms with van der Waals surface area (Å²) in [5.74, 6) is -1.08.